The van der Waals surface area contributed by atoms with E-state index in [1.54, 1.807) is 0 Å². The van der Waals surface area contributed by atoms with Gasteiger partial charge in [-0.05, 0) is 38.1 Å². The molecule has 1 unspecified atom stereocenters. The maximum atomic E-state index is 6.09. The van der Waals surface area contributed by atoms with Crippen molar-refractivity contribution in [2.24, 2.45) is 0 Å². The molecule has 0 amide bonds. The van der Waals surface area contributed by atoms with Crippen LogP contribution in [0.4, 0.5) is 17.3 Å². The SMILES string of the molecule is Cc1ccc(Nc2cc(C)nc(C3CN(Cc4cnc(N(C)C)nc4)CCO3)c2)cc1. The van der Waals surface area contributed by atoms with Crippen molar-refractivity contribution >= 4 is 17.3 Å². The minimum atomic E-state index is -0.0609. The van der Waals surface area contributed by atoms with Crippen LogP contribution in [-0.4, -0.2) is 53.6 Å². The van der Waals surface area contributed by atoms with Crippen LogP contribution in [0.1, 0.15) is 28.6 Å². The quantitative estimate of drug-likeness (QED) is 0.652. The second-order valence-electron chi connectivity index (χ2n) is 8.29. The van der Waals surface area contributed by atoms with Gasteiger partial charge in [0.2, 0.25) is 5.95 Å². The highest BCUT2D eigenvalue weighted by Crippen LogP contribution is 2.26. The molecule has 1 fully saturated rings. The van der Waals surface area contributed by atoms with Crippen LogP contribution in [0, 0.1) is 13.8 Å². The minimum Gasteiger partial charge on any atom is -0.369 e. The summed E-state index contributed by atoms with van der Waals surface area (Å²) in [5, 5.41) is 3.49. The summed E-state index contributed by atoms with van der Waals surface area (Å²) < 4.78 is 6.09. The molecular weight excluding hydrogens is 388 g/mol. The number of hydrogen-bond donors (Lipinski definition) is 1. The van der Waals surface area contributed by atoms with Gasteiger partial charge in [0.15, 0.2) is 0 Å². The highest BCUT2D eigenvalue weighted by atomic mass is 16.5. The molecule has 3 heterocycles. The van der Waals surface area contributed by atoms with E-state index in [1.807, 2.05) is 38.3 Å². The van der Waals surface area contributed by atoms with Crippen molar-refractivity contribution in [2.45, 2.75) is 26.5 Å². The molecule has 1 saturated heterocycles. The number of anilines is 3. The van der Waals surface area contributed by atoms with Crippen LogP contribution in [0.2, 0.25) is 0 Å². The first kappa shape index (κ1) is 21.2. The summed E-state index contributed by atoms with van der Waals surface area (Å²) in [5.74, 6) is 0.723. The average Bonchev–Trinajstić information content (AvgIpc) is 2.75. The highest BCUT2D eigenvalue weighted by Gasteiger charge is 2.24. The molecule has 2 aromatic heterocycles. The lowest BCUT2D eigenvalue weighted by molar-refractivity contribution is -0.0350. The van der Waals surface area contributed by atoms with Crippen LogP contribution in [0.25, 0.3) is 0 Å². The van der Waals surface area contributed by atoms with E-state index in [1.165, 1.54) is 5.56 Å². The van der Waals surface area contributed by atoms with E-state index in [-0.39, 0.29) is 6.10 Å². The maximum absolute atomic E-state index is 6.09. The van der Waals surface area contributed by atoms with Crippen LogP contribution >= 0.6 is 0 Å². The van der Waals surface area contributed by atoms with Crippen LogP contribution < -0.4 is 10.2 Å². The van der Waals surface area contributed by atoms with E-state index in [9.17, 15) is 0 Å². The fourth-order valence-corrected chi connectivity index (χ4v) is 3.68. The Kier molecular flexibility index (Phi) is 6.44. The number of nitrogens with zero attached hydrogens (tertiary/aromatic N) is 5. The van der Waals surface area contributed by atoms with Gasteiger partial charge in [-0.1, -0.05) is 17.7 Å². The zero-order valence-electron chi connectivity index (χ0n) is 18.7. The Morgan fingerprint density at radius 3 is 2.52 bits per heavy atom. The number of aryl methyl sites for hydroxylation is 2. The molecule has 0 aliphatic carbocycles. The standard InChI is InChI=1S/C24H30N6O/c1-17-5-7-20(8-6-17)28-21-11-18(2)27-22(12-21)23-16-30(9-10-31-23)15-19-13-25-24(26-14-19)29(3)4/h5-8,11-14,23H,9-10,15-16H2,1-4H3,(H,27,28). The molecule has 1 atom stereocenters. The highest BCUT2D eigenvalue weighted by molar-refractivity contribution is 5.60. The second kappa shape index (κ2) is 9.41. The molecular formula is C24H30N6O. The minimum absolute atomic E-state index is 0.0609. The van der Waals surface area contributed by atoms with Crippen molar-refractivity contribution in [3.05, 3.63) is 71.3 Å². The lowest BCUT2D eigenvalue weighted by atomic mass is 10.1. The summed E-state index contributed by atoms with van der Waals surface area (Å²) in [6.07, 6.45) is 3.75. The lowest BCUT2D eigenvalue weighted by Gasteiger charge is -2.32. The molecule has 0 bridgehead atoms. The summed E-state index contributed by atoms with van der Waals surface area (Å²) in [6, 6.07) is 12.5. The Balaban J connectivity index is 1.44. The number of pyridine rings is 1. The normalized spacial score (nSPS) is 16.8. The third-order valence-electron chi connectivity index (χ3n) is 5.29. The molecule has 1 aliphatic heterocycles. The van der Waals surface area contributed by atoms with Crippen molar-refractivity contribution in [3.8, 4) is 0 Å². The zero-order valence-corrected chi connectivity index (χ0v) is 18.7. The molecule has 0 saturated carbocycles. The van der Waals surface area contributed by atoms with Gasteiger partial charge in [-0.25, -0.2) is 9.97 Å². The third-order valence-corrected chi connectivity index (χ3v) is 5.29. The summed E-state index contributed by atoms with van der Waals surface area (Å²) in [5.41, 5.74) is 6.37. The molecule has 4 rings (SSSR count). The molecule has 7 heteroatoms. The number of rotatable bonds is 6. The van der Waals surface area contributed by atoms with Crippen molar-refractivity contribution < 1.29 is 4.74 Å². The fourth-order valence-electron chi connectivity index (χ4n) is 3.68. The summed E-state index contributed by atoms with van der Waals surface area (Å²) in [7, 11) is 3.89. The van der Waals surface area contributed by atoms with Crippen molar-refractivity contribution in [2.75, 3.05) is 44.0 Å². The summed E-state index contributed by atoms with van der Waals surface area (Å²) in [4.78, 5) is 17.9. The first-order valence-electron chi connectivity index (χ1n) is 10.6. The monoisotopic (exact) mass is 418 g/mol. The van der Waals surface area contributed by atoms with Gasteiger partial charge in [-0.15, -0.1) is 0 Å². The van der Waals surface area contributed by atoms with Crippen LogP contribution in [-0.2, 0) is 11.3 Å². The number of morpholine rings is 1. The zero-order chi connectivity index (χ0) is 21.8. The first-order valence-corrected chi connectivity index (χ1v) is 10.6. The molecule has 162 valence electrons. The number of benzene rings is 1. The molecule has 1 N–H and O–H groups in total. The predicted octanol–water partition coefficient (Wildman–Crippen LogP) is 3.87. The van der Waals surface area contributed by atoms with Crippen molar-refractivity contribution in [3.63, 3.8) is 0 Å². The maximum Gasteiger partial charge on any atom is 0.224 e. The number of hydrogen-bond acceptors (Lipinski definition) is 7. The Labute approximate surface area is 184 Å². The van der Waals surface area contributed by atoms with Crippen molar-refractivity contribution in [1.29, 1.82) is 0 Å². The van der Waals surface area contributed by atoms with E-state index in [0.29, 0.717) is 6.61 Å². The second-order valence-corrected chi connectivity index (χ2v) is 8.29. The molecule has 31 heavy (non-hydrogen) atoms. The molecule has 1 aliphatic rings. The predicted molar refractivity (Wildman–Crippen MR) is 124 cm³/mol. The van der Waals surface area contributed by atoms with E-state index in [2.05, 4.69) is 63.5 Å². The molecule has 3 aromatic rings. The Morgan fingerprint density at radius 1 is 1.06 bits per heavy atom. The van der Waals surface area contributed by atoms with Gasteiger partial charge >= 0.3 is 0 Å². The van der Waals surface area contributed by atoms with Gasteiger partial charge in [-0.3, -0.25) is 9.88 Å². The topological polar surface area (TPSA) is 66.4 Å². The van der Waals surface area contributed by atoms with Gasteiger partial charge < -0.3 is 15.0 Å². The third kappa shape index (κ3) is 5.57. The van der Waals surface area contributed by atoms with E-state index in [4.69, 9.17) is 9.72 Å². The Bertz CT molecular complexity index is 1000. The van der Waals surface area contributed by atoms with Gasteiger partial charge in [-0.2, -0.15) is 0 Å². The smallest absolute Gasteiger partial charge is 0.224 e. The van der Waals surface area contributed by atoms with E-state index >= 15 is 0 Å². The Morgan fingerprint density at radius 2 is 1.81 bits per heavy atom. The van der Waals surface area contributed by atoms with Crippen molar-refractivity contribution in [1.82, 2.24) is 19.9 Å². The van der Waals surface area contributed by atoms with Gasteiger partial charge in [0.25, 0.3) is 0 Å². The lowest BCUT2D eigenvalue weighted by Crippen LogP contribution is -2.38. The van der Waals surface area contributed by atoms with Gasteiger partial charge in [0.1, 0.15) is 6.10 Å². The number of ether oxygens (including phenoxy) is 1. The molecule has 0 radical (unpaired) electrons. The molecule has 0 spiro atoms. The van der Waals surface area contributed by atoms with E-state index < -0.39 is 0 Å². The Hall–Kier alpha value is -3.03. The summed E-state index contributed by atoms with van der Waals surface area (Å²) >= 11 is 0. The van der Waals surface area contributed by atoms with Gasteiger partial charge in [0, 0.05) is 68.8 Å². The van der Waals surface area contributed by atoms with Crippen LogP contribution in [0.3, 0.4) is 0 Å². The van der Waals surface area contributed by atoms with Crippen LogP contribution in [0.15, 0.2) is 48.8 Å². The largest absolute Gasteiger partial charge is 0.369 e. The fraction of sp³-hybridized carbons (Fsp3) is 0.375. The number of nitrogens with one attached hydrogen (secondary N) is 1. The summed E-state index contributed by atoms with van der Waals surface area (Å²) in [6.45, 7) is 7.26. The molecule has 1 aromatic carbocycles. The van der Waals surface area contributed by atoms with E-state index in [0.717, 1.165) is 53.9 Å². The van der Waals surface area contributed by atoms with Gasteiger partial charge in [0.05, 0.1) is 12.3 Å². The first-order chi connectivity index (χ1) is 15.0. The number of aromatic nitrogens is 3. The van der Waals surface area contributed by atoms with Crippen LogP contribution in [0.5, 0.6) is 0 Å². The average molecular weight is 419 g/mol. The molecule has 7 nitrogen and oxygen atoms in total.